The topological polar surface area (TPSA) is 75.5 Å². The van der Waals surface area contributed by atoms with Gasteiger partial charge in [-0.3, -0.25) is 14.9 Å². The van der Waals surface area contributed by atoms with Gasteiger partial charge in [-0.2, -0.15) is 0 Å². The Labute approximate surface area is 137 Å². The van der Waals surface area contributed by atoms with Crippen molar-refractivity contribution < 1.29 is 9.72 Å². The normalized spacial score (nSPS) is 16.3. The van der Waals surface area contributed by atoms with Crippen LogP contribution in [0.25, 0.3) is 0 Å². The summed E-state index contributed by atoms with van der Waals surface area (Å²) in [6.45, 7) is 0. The van der Waals surface area contributed by atoms with E-state index < -0.39 is 4.92 Å². The van der Waals surface area contributed by atoms with E-state index in [4.69, 9.17) is 0 Å². The molecule has 0 aliphatic heterocycles. The number of nitrogens with zero attached hydrogens (tertiary/aromatic N) is 2. The van der Waals surface area contributed by atoms with Crippen LogP contribution in [0.4, 0.5) is 11.4 Å². The molecule has 6 heteroatoms. The molecular weight excluding hydrogens is 294 g/mol. The zero-order chi connectivity index (χ0) is 16.8. The Bertz CT molecular complexity index is 564. The highest BCUT2D eigenvalue weighted by molar-refractivity contribution is 5.95. The maximum absolute atomic E-state index is 12.0. The van der Waals surface area contributed by atoms with Gasteiger partial charge in [0, 0.05) is 31.8 Å². The van der Waals surface area contributed by atoms with Crippen LogP contribution in [0.2, 0.25) is 0 Å². The second-order valence-electron chi connectivity index (χ2n) is 6.37. The van der Waals surface area contributed by atoms with Gasteiger partial charge in [-0.15, -0.1) is 0 Å². The number of benzene rings is 1. The van der Waals surface area contributed by atoms with Gasteiger partial charge in [-0.25, -0.2) is 0 Å². The number of hydrogen-bond acceptors (Lipinski definition) is 4. The molecular formula is C17H25N3O3. The Hall–Kier alpha value is -2.11. The number of rotatable bonds is 4. The lowest BCUT2D eigenvalue weighted by Crippen LogP contribution is -2.23. The number of nitrogens with one attached hydrogen (secondary N) is 1. The number of hydrogen-bond donors (Lipinski definition) is 1. The molecule has 126 valence electrons. The number of nitro benzene ring substituents is 1. The predicted octanol–water partition coefficient (Wildman–Crippen LogP) is 3.82. The molecule has 0 unspecified atom stereocenters. The lowest BCUT2D eigenvalue weighted by atomic mass is 9.96. The third-order valence-corrected chi connectivity index (χ3v) is 4.31. The second-order valence-corrected chi connectivity index (χ2v) is 6.37. The van der Waals surface area contributed by atoms with Crippen molar-refractivity contribution in [1.82, 2.24) is 4.90 Å². The van der Waals surface area contributed by atoms with E-state index in [0.29, 0.717) is 11.3 Å². The van der Waals surface area contributed by atoms with Gasteiger partial charge in [-0.1, -0.05) is 32.1 Å². The molecule has 6 nitrogen and oxygen atoms in total. The zero-order valence-corrected chi connectivity index (χ0v) is 13.9. The maximum Gasteiger partial charge on any atom is 0.293 e. The largest absolute Gasteiger partial charge is 0.377 e. The molecule has 0 aromatic heterocycles. The average Bonchev–Trinajstić information content (AvgIpc) is 2.49. The molecule has 0 atom stereocenters. The van der Waals surface area contributed by atoms with Crippen LogP contribution in [0.5, 0.6) is 0 Å². The van der Waals surface area contributed by atoms with Gasteiger partial charge in [0.1, 0.15) is 5.69 Å². The quantitative estimate of drug-likeness (QED) is 0.676. The van der Waals surface area contributed by atoms with Crippen molar-refractivity contribution >= 4 is 17.3 Å². The molecule has 1 aliphatic rings. The number of nitro groups is 1. The molecule has 0 heterocycles. The third kappa shape index (κ3) is 4.68. The molecule has 2 rings (SSSR count). The first-order valence-corrected chi connectivity index (χ1v) is 8.25. The molecule has 0 radical (unpaired) electrons. The second kappa shape index (κ2) is 7.94. The highest BCUT2D eigenvalue weighted by Crippen LogP contribution is 2.29. The highest BCUT2D eigenvalue weighted by Gasteiger charge is 2.21. The molecule has 0 bridgehead atoms. The monoisotopic (exact) mass is 319 g/mol. The fraction of sp³-hybridized carbons (Fsp3) is 0.588. The Morgan fingerprint density at radius 2 is 1.78 bits per heavy atom. The van der Waals surface area contributed by atoms with E-state index in [-0.39, 0.29) is 17.6 Å². The summed E-state index contributed by atoms with van der Waals surface area (Å²) in [6.07, 6.45) is 8.14. The molecule has 1 aromatic carbocycles. The molecule has 1 N–H and O–H groups in total. The number of anilines is 1. The van der Waals surface area contributed by atoms with Crippen LogP contribution in [0.15, 0.2) is 18.2 Å². The van der Waals surface area contributed by atoms with Crippen LogP contribution in [-0.4, -0.2) is 35.9 Å². The predicted molar refractivity (Wildman–Crippen MR) is 90.8 cm³/mol. The summed E-state index contributed by atoms with van der Waals surface area (Å²) < 4.78 is 0. The van der Waals surface area contributed by atoms with Crippen LogP contribution in [-0.2, 0) is 0 Å². The third-order valence-electron chi connectivity index (χ3n) is 4.31. The first-order chi connectivity index (χ1) is 11.0. The smallest absolute Gasteiger partial charge is 0.293 e. The van der Waals surface area contributed by atoms with Crippen molar-refractivity contribution in [2.24, 2.45) is 0 Å². The van der Waals surface area contributed by atoms with E-state index in [1.807, 2.05) is 0 Å². The molecule has 1 saturated carbocycles. The molecule has 1 aliphatic carbocycles. The number of amides is 1. The fourth-order valence-corrected chi connectivity index (χ4v) is 3.02. The zero-order valence-electron chi connectivity index (χ0n) is 13.9. The van der Waals surface area contributed by atoms with E-state index in [9.17, 15) is 14.9 Å². The van der Waals surface area contributed by atoms with Gasteiger partial charge < -0.3 is 10.2 Å². The Morgan fingerprint density at radius 3 is 2.35 bits per heavy atom. The number of carbonyl (C=O) groups excluding carboxylic acids is 1. The van der Waals surface area contributed by atoms with Crippen molar-refractivity contribution in [3.8, 4) is 0 Å². The molecule has 0 spiro atoms. The van der Waals surface area contributed by atoms with Gasteiger partial charge in [0.2, 0.25) is 0 Å². The molecule has 1 aromatic rings. The van der Waals surface area contributed by atoms with E-state index in [0.717, 1.165) is 25.7 Å². The summed E-state index contributed by atoms with van der Waals surface area (Å²) in [4.78, 5) is 24.4. The molecule has 0 saturated heterocycles. The molecule has 1 fully saturated rings. The van der Waals surface area contributed by atoms with Crippen LogP contribution in [0.3, 0.4) is 0 Å². The van der Waals surface area contributed by atoms with Crippen molar-refractivity contribution in [2.45, 2.75) is 51.0 Å². The fourth-order valence-electron chi connectivity index (χ4n) is 3.02. The lowest BCUT2D eigenvalue weighted by molar-refractivity contribution is -0.384. The van der Waals surface area contributed by atoms with Crippen molar-refractivity contribution in [1.29, 1.82) is 0 Å². The standard InChI is InChI=1S/C17H25N3O3/c1-19(2)17(21)13-10-11-15(16(12-13)20(22)23)18-14-8-6-4-3-5-7-9-14/h10-12,14,18H,3-9H2,1-2H3. The minimum atomic E-state index is -0.419. The van der Waals surface area contributed by atoms with Gasteiger partial charge in [0.05, 0.1) is 4.92 Å². The van der Waals surface area contributed by atoms with Crippen molar-refractivity contribution in [3.05, 3.63) is 33.9 Å². The minimum Gasteiger partial charge on any atom is -0.377 e. The first kappa shape index (κ1) is 17.2. The summed E-state index contributed by atoms with van der Waals surface area (Å²) in [5.74, 6) is -0.231. The van der Waals surface area contributed by atoms with E-state index >= 15 is 0 Å². The SMILES string of the molecule is CN(C)C(=O)c1ccc(NC2CCCCCCC2)c([N+](=O)[O-])c1. The van der Waals surface area contributed by atoms with Crippen LogP contribution in [0, 0.1) is 10.1 Å². The summed E-state index contributed by atoms with van der Waals surface area (Å²) in [5, 5.41) is 14.7. The van der Waals surface area contributed by atoms with E-state index in [1.54, 1.807) is 26.2 Å². The van der Waals surface area contributed by atoms with Crippen molar-refractivity contribution in [2.75, 3.05) is 19.4 Å². The van der Waals surface area contributed by atoms with Gasteiger partial charge in [0.15, 0.2) is 0 Å². The Balaban J connectivity index is 2.20. The van der Waals surface area contributed by atoms with Gasteiger partial charge >= 0.3 is 0 Å². The Kier molecular flexibility index (Phi) is 5.96. The van der Waals surface area contributed by atoms with Gasteiger partial charge in [-0.05, 0) is 25.0 Å². The molecule has 23 heavy (non-hydrogen) atoms. The van der Waals surface area contributed by atoms with Crippen LogP contribution in [0.1, 0.15) is 55.3 Å². The average molecular weight is 319 g/mol. The summed E-state index contributed by atoms with van der Waals surface area (Å²) in [5.41, 5.74) is 0.820. The van der Waals surface area contributed by atoms with E-state index in [1.165, 1.54) is 30.2 Å². The summed E-state index contributed by atoms with van der Waals surface area (Å²) >= 11 is 0. The summed E-state index contributed by atoms with van der Waals surface area (Å²) in [7, 11) is 3.27. The maximum atomic E-state index is 12.0. The highest BCUT2D eigenvalue weighted by atomic mass is 16.6. The van der Waals surface area contributed by atoms with Gasteiger partial charge in [0.25, 0.3) is 11.6 Å². The first-order valence-electron chi connectivity index (χ1n) is 8.25. The minimum absolute atomic E-state index is 0.0280. The van der Waals surface area contributed by atoms with Crippen molar-refractivity contribution in [3.63, 3.8) is 0 Å². The van der Waals surface area contributed by atoms with E-state index in [2.05, 4.69) is 5.32 Å². The summed E-state index contributed by atoms with van der Waals surface area (Å²) in [6, 6.07) is 4.95. The number of carbonyl (C=O) groups is 1. The van der Waals surface area contributed by atoms with Crippen LogP contribution >= 0.6 is 0 Å². The molecule has 1 amide bonds. The Morgan fingerprint density at radius 1 is 1.17 bits per heavy atom. The van der Waals surface area contributed by atoms with Crippen LogP contribution < -0.4 is 5.32 Å². The lowest BCUT2D eigenvalue weighted by Gasteiger charge is -2.22.